The molecule has 5 nitrogen and oxygen atoms in total. The van der Waals surface area contributed by atoms with E-state index in [9.17, 15) is 9.59 Å². The number of aromatic nitrogens is 1. The van der Waals surface area contributed by atoms with Gasteiger partial charge in [-0.25, -0.2) is 4.79 Å². The molecule has 19 heavy (non-hydrogen) atoms. The number of rotatable bonds is 1. The van der Waals surface area contributed by atoms with Crippen molar-refractivity contribution in [1.82, 2.24) is 14.8 Å². The van der Waals surface area contributed by atoms with Crippen molar-refractivity contribution in [2.75, 3.05) is 7.05 Å². The quantitative estimate of drug-likeness (QED) is 0.623. The van der Waals surface area contributed by atoms with Crippen LogP contribution < -0.4 is 5.32 Å². The van der Waals surface area contributed by atoms with Gasteiger partial charge in [-0.1, -0.05) is 18.2 Å². The van der Waals surface area contributed by atoms with Gasteiger partial charge in [0.25, 0.3) is 5.91 Å². The van der Waals surface area contributed by atoms with Crippen molar-refractivity contribution in [1.29, 1.82) is 0 Å². The molecule has 5 heteroatoms. The number of carbonyl (C=O) groups is 2. The molecular formula is C14H13N3O2. The van der Waals surface area contributed by atoms with Gasteiger partial charge < -0.3 is 9.88 Å². The molecule has 0 aliphatic carbocycles. The van der Waals surface area contributed by atoms with Crippen LogP contribution in [0.5, 0.6) is 0 Å². The maximum atomic E-state index is 11.8. The third-order valence-electron chi connectivity index (χ3n) is 3.31. The van der Waals surface area contributed by atoms with Crippen LogP contribution in [0.15, 0.2) is 36.2 Å². The van der Waals surface area contributed by atoms with E-state index in [0.29, 0.717) is 5.70 Å². The second-order valence-corrected chi connectivity index (χ2v) is 4.56. The molecule has 1 aliphatic rings. The molecule has 0 unspecified atom stereocenters. The lowest BCUT2D eigenvalue weighted by molar-refractivity contribution is -0.121. The normalized spacial score (nSPS) is 17.6. The second-order valence-electron chi connectivity index (χ2n) is 4.56. The van der Waals surface area contributed by atoms with Gasteiger partial charge in [-0.05, 0) is 12.1 Å². The van der Waals surface area contributed by atoms with Crippen LogP contribution in [-0.4, -0.2) is 28.5 Å². The predicted molar refractivity (Wildman–Crippen MR) is 72.2 cm³/mol. The fraction of sp³-hybridized carbons (Fsp3) is 0.143. The number of benzene rings is 1. The molecule has 0 saturated carbocycles. The number of hydrogen-bond donors (Lipinski definition) is 1. The summed E-state index contributed by atoms with van der Waals surface area (Å²) >= 11 is 0. The monoisotopic (exact) mass is 255 g/mol. The number of amides is 3. The largest absolute Gasteiger partial charge is 0.350 e. The predicted octanol–water partition coefficient (Wildman–Crippen LogP) is 1.70. The zero-order valence-electron chi connectivity index (χ0n) is 10.7. The van der Waals surface area contributed by atoms with E-state index in [1.807, 2.05) is 42.1 Å². The van der Waals surface area contributed by atoms with Crippen LogP contribution in [0.2, 0.25) is 0 Å². The molecule has 0 bridgehead atoms. The third kappa shape index (κ3) is 1.71. The van der Waals surface area contributed by atoms with E-state index < -0.39 is 6.03 Å². The SMILES string of the molecule is CN1C(=O)N/C(=C/c2cn(C)c3ccccc23)C1=O. The van der Waals surface area contributed by atoms with E-state index in [-0.39, 0.29) is 5.91 Å². The van der Waals surface area contributed by atoms with E-state index >= 15 is 0 Å². The maximum absolute atomic E-state index is 11.8. The van der Waals surface area contributed by atoms with Crippen molar-refractivity contribution < 1.29 is 9.59 Å². The van der Waals surface area contributed by atoms with Crippen LogP contribution in [0.4, 0.5) is 4.79 Å². The zero-order chi connectivity index (χ0) is 13.6. The first kappa shape index (κ1) is 11.5. The Labute approximate surface area is 110 Å². The number of nitrogens with zero attached hydrogens (tertiary/aromatic N) is 2. The number of urea groups is 1. The van der Waals surface area contributed by atoms with Gasteiger partial charge in [-0.2, -0.15) is 0 Å². The fourth-order valence-corrected chi connectivity index (χ4v) is 2.27. The van der Waals surface area contributed by atoms with Gasteiger partial charge in [0.2, 0.25) is 0 Å². The first-order valence-corrected chi connectivity index (χ1v) is 5.93. The molecule has 1 aliphatic heterocycles. The van der Waals surface area contributed by atoms with E-state index in [1.165, 1.54) is 7.05 Å². The summed E-state index contributed by atoms with van der Waals surface area (Å²) in [7, 11) is 3.41. The Morgan fingerprint density at radius 2 is 1.89 bits per heavy atom. The number of nitrogens with one attached hydrogen (secondary N) is 1. The molecule has 0 radical (unpaired) electrons. The average Bonchev–Trinajstić information content (AvgIpc) is 2.84. The van der Waals surface area contributed by atoms with Gasteiger partial charge in [0, 0.05) is 36.8 Å². The molecular weight excluding hydrogens is 242 g/mol. The minimum atomic E-state index is -0.392. The lowest BCUT2D eigenvalue weighted by Crippen LogP contribution is -2.25. The summed E-state index contributed by atoms with van der Waals surface area (Å²) in [6.07, 6.45) is 3.65. The molecule has 2 heterocycles. The summed E-state index contributed by atoms with van der Waals surface area (Å²) in [6, 6.07) is 7.53. The van der Waals surface area contributed by atoms with E-state index in [2.05, 4.69) is 5.32 Å². The molecule has 0 spiro atoms. The van der Waals surface area contributed by atoms with Gasteiger partial charge in [-0.3, -0.25) is 9.69 Å². The van der Waals surface area contributed by atoms with Crippen LogP contribution in [0.3, 0.4) is 0 Å². The van der Waals surface area contributed by atoms with Crippen LogP contribution in [0, 0.1) is 0 Å². The van der Waals surface area contributed by atoms with E-state index in [4.69, 9.17) is 0 Å². The summed E-state index contributed by atoms with van der Waals surface area (Å²) in [5, 5.41) is 3.62. The van der Waals surface area contributed by atoms with Crippen LogP contribution >= 0.6 is 0 Å². The maximum Gasteiger partial charge on any atom is 0.328 e. The molecule has 3 rings (SSSR count). The van der Waals surface area contributed by atoms with Crippen molar-refractivity contribution in [3.63, 3.8) is 0 Å². The van der Waals surface area contributed by atoms with Crippen LogP contribution in [0.1, 0.15) is 5.56 Å². The van der Waals surface area contributed by atoms with Crippen molar-refractivity contribution in [3.05, 3.63) is 41.7 Å². The molecule has 3 amide bonds. The van der Waals surface area contributed by atoms with Crippen molar-refractivity contribution in [2.45, 2.75) is 0 Å². The third-order valence-corrected chi connectivity index (χ3v) is 3.31. The molecule has 1 aromatic carbocycles. The van der Waals surface area contributed by atoms with Crippen LogP contribution in [0.25, 0.3) is 17.0 Å². The number of likely N-dealkylation sites (N-methyl/N-ethyl adjacent to an activating group) is 1. The average molecular weight is 255 g/mol. The highest BCUT2D eigenvalue weighted by Gasteiger charge is 2.30. The number of fused-ring (bicyclic) bond motifs is 1. The Kier molecular flexibility index (Phi) is 2.41. The minimum Gasteiger partial charge on any atom is -0.350 e. The topological polar surface area (TPSA) is 54.3 Å². The Bertz CT molecular complexity index is 727. The highest BCUT2D eigenvalue weighted by Crippen LogP contribution is 2.23. The Morgan fingerprint density at radius 1 is 1.16 bits per heavy atom. The lowest BCUT2D eigenvalue weighted by Gasteiger charge is -1.99. The Morgan fingerprint density at radius 3 is 2.58 bits per heavy atom. The van der Waals surface area contributed by atoms with Gasteiger partial charge in [0.05, 0.1) is 0 Å². The Balaban J connectivity index is 2.12. The standard InChI is InChI=1S/C14H13N3O2/c1-16-8-9(10-5-3-4-6-12(10)16)7-11-13(18)17(2)14(19)15-11/h3-8H,1-2H3,(H,15,19)/b11-7+. The van der Waals surface area contributed by atoms with E-state index in [0.717, 1.165) is 21.4 Å². The second kappa shape index (κ2) is 3.98. The summed E-state index contributed by atoms with van der Waals surface area (Å²) in [6.45, 7) is 0. The highest BCUT2D eigenvalue weighted by atomic mass is 16.2. The van der Waals surface area contributed by atoms with Gasteiger partial charge in [0.15, 0.2) is 0 Å². The number of aryl methyl sites for hydroxylation is 1. The minimum absolute atomic E-state index is 0.307. The summed E-state index contributed by atoms with van der Waals surface area (Å²) < 4.78 is 1.99. The summed E-state index contributed by atoms with van der Waals surface area (Å²) in [5.41, 5.74) is 2.31. The molecule has 1 N–H and O–H groups in total. The molecule has 1 fully saturated rings. The molecule has 96 valence electrons. The smallest absolute Gasteiger partial charge is 0.328 e. The number of carbonyl (C=O) groups excluding carboxylic acids is 2. The highest BCUT2D eigenvalue weighted by molar-refractivity contribution is 6.14. The van der Waals surface area contributed by atoms with Crippen LogP contribution in [-0.2, 0) is 11.8 Å². The van der Waals surface area contributed by atoms with Crippen molar-refractivity contribution >= 4 is 28.9 Å². The summed E-state index contributed by atoms with van der Waals surface area (Å²) in [4.78, 5) is 24.3. The molecule has 2 aromatic rings. The first-order valence-electron chi connectivity index (χ1n) is 5.93. The molecule has 0 atom stereocenters. The summed E-state index contributed by atoms with van der Waals surface area (Å²) in [5.74, 6) is -0.307. The van der Waals surface area contributed by atoms with E-state index in [1.54, 1.807) is 6.08 Å². The van der Waals surface area contributed by atoms with Crippen molar-refractivity contribution in [3.8, 4) is 0 Å². The van der Waals surface area contributed by atoms with Gasteiger partial charge in [-0.15, -0.1) is 0 Å². The fourth-order valence-electron chi connectivity index (χ4n) is 2.27. The molecule has 1 saturated heterocycles. The number of para-hydroxylation sites is 1. The zero-order valence-corrected chi connectivity index (χ0v) is 10.7. The van der Waals surface area contributed by atoms with Gasteiger partial charge in [0.1, 0.15) is 5.70 Å². The number of hydrogen-bond acceptors (Lipinski definition) is 2. The first-order chi connectivity index (χ1) is 9.08. The number of imide groups is 1. The lowest BCUT2D eigenvalue weighted by atomic mass is 10.1. The van der Waals surface area contributed by atoms with Crippen molar-refractivity contribution in [2.24, 2.45) is 7.05 Å². The Hall–Kier alpha value is -2.56. The molecule has 1 aromatic heterocycles. The van der Waals surface area contributed by atoms with Gasteiger partial charge >= 0.3 is 6.03 Å².